The van der Waals surface area contributed by atoms with Crippen LogP contribution in [0.25, 0.3) is 10.9 Å². The van der Waals surface area contributed by atoms with E-state index in [1.54, 1.807) is 0 Å². The Balaban J connectivity index is 1.49. The van der Waals surface area contributed by atoms with Crippen molar-refractivity contribution in [1.82, 2.24) is 10.3 Å². The van der Waals surface area contributed by atoms with Crippen molar-refractivity contribution in [2.45, 2.75) is 25.1 Å². The SMILES string of the molecule is O=C(O)C1Cc2c([nH]c3ccccc23)C(c2cccc(OCc3ccccc3)c2)N1. The smallest absolute Gasteiger partial charge is 0.321 e. The van der Waals surface area contributed by atoms with Gasteiger partial charge in [0.15, 0.2) is 0 Å². The van der Waals surface area contributed by atoms with Crippen molar-refractivity contribution >= 4 is 16.9 Å². The van der Waals surface area contributed by atoms with Gasteiger partial charge in [-0.2, -0.15) is 0 Å². The van der Waals surface area contributed by atoms with Crippen molar-refractivity contribution in [2.24, 2.45) is 0 Å². The summed E-state index contributed by atoms with van der Waals surface area (Å²) < 4.78 is 5.99. The lowest BCUT2D eigenvalue weighted by Gasteiger charge is -2.29. The fourth-order valence-electron chi connectivity index (χ4n) is 4.18. The molecule has 0 amide bonds. The third-order valence-corrected chi connectivity index (χ3v) is 5.65. The molecular formula is C25H22N2O3. The first-order chi connectivity index (χ1) is 14.7. The Morgan fingerprint density at radius 3 is 2.63 bits per heavy atom. The standard InChI is InChI=1S/C25H22N2O3/c28-25(29)22-14-20-19-11-4-5-12-21(19)26-24(20)23(27-22)17-9-6-10-18(13-17)30-15-16-7-2-1-3-8-16/h1-13,22-23,26-27H,14-15H2,(H,28,29). The first-order valence-electron chi connectivity index (χ1n) is 10.0. The van der Waals surface area contributed by atoms with Crippen LogP contribution in [0.4, 0.5) is 0 Å². The number of benzene rings is 3. The normalized spacial score (nSPS) is 18.1. The average Bonchev–Trinajstić information content (AvgIpc) is 3.16. The van der Waals surface area contributed by atoms with Gasteiger partial charge in [-0.25, -0.2) is 0 Å². The van der Waals surface area contributed by atoms with Gasteiger partial charge in [0, 0.05) is 23.0 Å². The lowest BCUT2D eigenvalue weighted by molar-refractivity contribution is -0.139. The van der Waals surface area contributed by atoms with E-state index < -0.39 is 12.0 Å². The van der Waals surface area contributed by atoms with Crippen molar-refractivity contribution in [2.75, 3.05) is 0 Å². The highest BCUT2D eigenvalue weighted by Gasteiger charge is 2.33. The Labute approximate surface area is 174 Å². The number of rotatable bonds is 5. The van der Waals surface area contributed by atoms with Crippen molar-refractivity contribution in [3.8, 4) is 5.75 Å². The predicted octanol–water partition coefficient (Wildman–Crippen LogP) is 4.44. The van der Waals surface area contributed by atoms with Gasteiger partial charge < -0.3 is 14.8 Å². The first-order valence-corrected chi connectivity index (χ1v) is 10.0. The van der Waals surface area contributed by atoms with E-state index in [-0.39, 0.29) is 6.04 Å². The quantitative estimate of drug-likeness (QED) is 0.465. The third-order valence-electron chi connectivity index (χ3n) is 5.65. The van der Waals surface area contributed by atoms with E-state index in [0.29, 0.717) is 13.0 Å². The molecule has 1 aliphatic rings. The van der Waals surface area contributed by atoms with Crippen LogP contribution in [0, 0.1) is 0 Å². The molecule has 0 aliphatic carbocycles. The Morgan fingerprint density at radius 2 is 1.80 bits per heavy atom. The Bertz CT molecular complexity index is 1200. The maximum atomic E-state index is 11.8. The number of hydrogen-bond acceptors (Lipinski definition) is 3. The third kappa shape index (κ3) is 3.44. The van der Waals surface area contributed by atoms with Crippen LogP contribution in [-0.2, 0) is 17.8 Å². The number of nitrogens with one attached hydrogen (secondary N) is 2. The van der Waals surface area contributed by atoms with E-state index in [1.807, 2.05) is 78.9 Å². The van der Waals surface area contributed by atoms with Crippen LogP contribution >= 0.6 is 0 Å². The van der Waals surface area contributed by atoms with E-state index in [0.717, 1.165) is 39.0 Å². The number of carbonyl (C=O) groups is 1. The number of ether oxygens (including phenoxy) is 1. The number of hydrogen-bond donors (Lipinski definition) is 3. The number of aromatic nitrogens is 1. The molecule has 0 bridgehead atoms. The van der Waals surface area contributed by atoms with Crippen LogP contribution in [0.15, 0.2) is 78.9 Å². The molecule has 0 radical (unpaired) electrons. The number of carboxylic acids is 1. The van der Waals surface area contributed by atoms with Gasteiger partial charge in [-0.1, -0.05) is 60.7 Å². The van der Waals surface area contributed by atoms with Gasteiger partial charge in [0.1, 0.15) is 18.4 Å². The van der Waals surface area contributed by atoms with Gasteiger partial charge in [0.25, 0.3) is 0 Å². The summed E-state index contributed by atoms with van der Waals surface area (Å²) in [7, 11) is 0. The summed E-state index contributed by atoms with van der Waals surface area (Å²) in [5.41, 5.74) is 5.19. The van der Waals surface area contributed by atoms with Crippen LogP contribution in [0.5, 0.6) is 5.75 Å². The number of aliphatic carboxylic acids is 1. The predicted molar refractivity (Wildman–Crippen MR) is 116 cm³/mol. The van der Waals surface area contributed by atoms with Crippen LogP contribution in [0.3, 0.4) is 0 Å². The molecule has 5 rings (SSSR count). The van der Waals surface area contributed by atoms with Crippen LogP contribution in [0.2, 0.25) is 0 Å². The largest absolute Gasteiger partial charge is 0.489 e. The second-order valence-corrected chi connectivity index (χ2v) is 7.60. The molecule has 150 valence electrons. The Hall–Kier alpha value is -3.57. The second-order valence-electron chi connectivity index (χ2n) is 7.60. The van der Waals surface area contributed by atoms with Crippen molar-refractivity contribution in [1.29, 1.82) is 0 Å². The van der Waals surface area contributed by atoms with Crippen LogP contribution < -0.4 is 10.1 Å². The average molecular weight is 398 g/mol. The highest BCUT2D eigenvalue weighted by atomic mass is 16.5. The molecule has 2 atom stereocenters. The zero-order valence-corrected chi connectivity index (χ0v) is 16.3. The van der Waals surface area contributed by atoms with Gasteiger partial charge in [-0.15, -0.1) is 0 Å². The van der Waals surface area contributed by atoms with E-state index in [2.05, 4.69) is 10.3 Å². The lowest BCUT2D eigenvalue weighted by Crippen LogP contribution is -2.44. The molecule has 1 aliphatic heterocycles. The van der Waals surface area contributed by atoms with E-state index in [9.17, 15) is 9.90 Å². The van der Waals surface area contributed by atoms with Gasteiger partial charge in [0.2, 0.25) is 0 Å². The highest BCUT2D eigenvalue weighted by molar-refractivity contribution is 5.87. The summed E-state index contributed by atoms with van der Waals surface area (Å²) in [5, 5.41) is 14.1. The molecule has 3 aromatic carbocycles. The van der Waals surface area contributed by atoms with Crippen molar-refractivity contribution in [3.63, 3.8) is 0 Å². The molecule has 0 saturated carbocycles. The fraction of sp³-hybridized carbons (Fsp3) is 0.160. The molecule has 1 aromatic heterocycles. The molecule has 4 aromatic rings. The first kappa shape index (κ1) is 18.5. The monoisotopic (exact) mass is 398 g/mol. The van der Waals surface area contributed by atoms with Crippen LogP contribution in [0.1, 0.15) is 28.4 Å². The van der Waals surface area contributed by atoms with Gasteiger partial charge in [-0.05, 0) is 34.9 Å². The molecule has 5 nitrogen and oxygen atoms in total. The second kappa shape index (κ2) is 7.69. The van der Waals surface area contributed by atoms with E-state index >= 15 is 0 Å². The van der Waals surface area contributed by atoms with Crippen molar-refractivity contribution < 1.29 is 14.6 Å². The summed E-state index contributed by atoms with van der Waals surface area (Å²) in [6, 6.07) is 25.0. The van der Waals surface area contributed by atoms with Gasteiger partial charge >= 0.3 is 5.97 Å². The van der Waals surface area contributed by atoms with Crippen LogP contribution in [-0.4, -0.2) is 22.1 Å². The molecular weight excluding hydrogens is 376 g/mol. The molecule has 3 N–H and O–H groups in total. The summed E-state index contributed by atoms with van der Waals surface area (Å²) in [5.74, 6) is -0.0827. The number of fused-ring (bicyclic) bond motifs is 3. The fourth-order valence-corrected chi connectivity index (χ4v) is 4.18. The highest BCUT2D eigenvalue weighted by Crippen LogP contribution is 2.36. The number of aromatic amines is 1. The number of carboxylic acid groups (broad SMARTS) is 1. The molecule has 0 fully saturated rings. The minimum atomic E-state index is -0.840. The molecule has 0 spiro atoms. The minimum absolute atomic E-state index is 0.248. The van der Waals surface area contributed by atoms with E-state index in [1.165, 1.54) is 0 Å². The maximum absolute atomic E-state index is 11.8. The van der Waals surface area contributed by atoms with E-state index in [4.69, 9.17) is 4.74 Å². The summed E-state index contributed by atoms with van der Waals surface area (Å²) in [6.07, 6.45) is 0.454. The summed E-state index contributed by atoms with van der Waals surface area (Å²) >= 11 is 0. The number of H-pyrrole nitrogens is 1. The summed E-state index contributed by atoms with van der Waals surface area (Å²) in [4.78, 5) is 15.3. The Morgan fingerprint density at radius 1 is 1.00 bits per heavy atom. The molecule has 5 heteroatoms. The lowest BCUT2D eigenvalue weighted by atomic mass is 9.90. The Kier molecular flexibility index (Phi) is 4.73. The van der Waals surface area contributed by atoms with Crippen molar-refractivity contribution in [3.05, 3.63) is 101 Å². The zero-order valence-electron chi connectivity index (χ0n) is 16.3. The van der Waals surface area contributed by atoms with Gasteiger partial charge in [-0.3, -0.25) is 10.1 Å². The topological polar surface area (TPSA) is 74.3 Å². The minimum Gasteiger partial charge on any atom is -0.489 e. The molecule has 2 unspecified atom stereocenters. The summed E-state index contributed by atoms with van der Waals surface area (Å²) in [6.45, 7) is 0.484. The zero-order chi connectivity index (χ0) is 20.5. The number of para-hydroxylation sites is 1. The maximum Gasteiger partial charge on any atom is 0.321 e. The molecule has 2 heterocycles. The molecule has 30 heavy (non-hydrogen) atoms. The molecule has 0 saturated heterocycles. The van der Waals surface area contributed by atoms with Gasteiger partial charge in [0.05, 0.1) is 6.04 Å².